The number of halogens is 1. The molecule has 3 aliphatic rings. The van der Waals surface area contributed by atoms with Crippen molar-refractivity contribution in [3.63, 3.8) is 0 Å². The largest absolute Gasteiger partial charge is 0.444 e. The molecule has 1 atom stereocenters. The van der Waals surface area contributed by atoms with Crippen LogP contribution in [-0.2, 0) is 10.2 Å². The van der Waals surface area contributed by atoms with Gasteiger partial charge in [-0.05, 0) is 148 Å². The fraction of sp³-hybridized carbons (Fsp3) is 0.478. The van der Waals surface area contributed by atoms with Crippen LogP contribution in [0.25, 0.3) is 27.0 Å². The van der Waals surface area contributed by atoms with E-state index in [4.69, 9.17) is 9.72 Å². The van der Waals surface area contributed by atoms with Crippen LogP contribution in [0.3, 0.4) is 0 Å². The van der Waals surface area contributed by atoms with Crippen molar-refractivity contribution in [3.05, 3.63) is 109 Å². The molecule has 1 aliphatic carbocycles. The topological polar surface area (TPSA) is 89.4 Å². The number of aromatic nitrogens is 3. The monoisotopic (exact) mass is 835 g/mol. The number of carbonyl (C=O) groups excluding carboxylic acids is 1. The molecule has 0 radical (unpaired) electrons. The van der Waals surface area contributed by atoms with Gasteiger partial charge in [0.05, 0.1) is 44.1 Å². The van der Waals surface area contributed by atoms with Gasteiger partial charge in [0.15, 0.2) is 0 Å². The van der Waals surface area contributed by atoms with E-state index in [1.165, 1.54) is 28.1 Å². The first kappa shape index (κ1) is 39.0. The van der Waals surface area contributed by atoms with Crippen LogP contribution in [0.4, 0.5) is 4.79 Å². The van der Waals surface area contributed by atoms with Gasteiger partial charge in [0.2, 0.25) is 0 Å². The third kappa shape index (κ3) is 7.86. The number of nitrogens with zero attached hydrogens (tertiary/aromatic N) is 4. The fourth-order valence-electron chi connectivity index (χ4n) is 9.51. The predicted molar refractivity (Wildman–Crippen MR) is 230 cm³/mol. The lowest BCUT2D eigenvalue weighted by Gasteiger charge is -2.35. The lowest BCUT2D eigenvalue weighted by molar-refractivity contribution is 0.0500. The third-order valence-electron chi connectivity index (χ3n) is 12.3. The Hall–Kier alpha value is -3.86. The van der Waals surface area contributed by atoms with Gasteiger partial charge in [-0.1, -0.05) is 74.6 Å². The Morgan fingerprint density at radius 3 is 2.50 bits per heavy atom. The SMILES string of the molecule is Cc1ncsc1-c1ccc([C@H](CCCCCN2CCC(c3ccc4c(c3)C3(CCCCC3)c3nc(=O)c5c(Br)cccc5n3-4)CC2)NC(=O)OC(C)(C)C)cc1. The molecule has 2 aromatic heterocycles. The van der Waals surface area contributed by atoms with Crippen LogP contribution in [0.15, 0.2) is 75.4 Å². The van der Waals surface area contributed by atoms with E-state index < -0.39 is 5.60 Å². The maximum Gasteiger partial charge on any atom is 0.408 e. The normalized spacial score (nSPS) is 17.5. The minimum absolute atomic E-state index is 0.109. The highest BCUT2D eigenvalue weighted by atomic mass is 79.9. The molecule has 1 spiro atoms. The summed E-state index contributed by atoms with van der Waals surface area (Å²) in [5.41, 5.74) is 9.27. The average Bonchev–Trinajstić information content (AvgIpc) is 3.72. The summed E-state index contributed by atoms with van der Waals surface area (Å²) in [5, 5.41) is 3.83. The number of hydrogen-bond donors (Lipinski definition) is 1. The Kier molecular flexibility index (Phi) is 11.3. The first-order chi connectivity index (χ1) is 27.0. The van der Waals surface area contributed by atoms with Crippen molar-refractivity contribution in [1.82, 2.24) is 24.8 Å². The summed E-state index contributed by atoms with van der Waals surface area (Å²) in [5.74, 6) is 1.48. The number of carbonyl (C=O) groups is 1. The zero-order chi connectivity index (χ0) is 39.0. The Balaban J connectivity index is 0.885. The van der Waals surface area contributed by atoms with Crippen LogP contribution >= 0.6 is 27.3 Å². The maximum atomic E-state index is 13.4. The lowest BCUT2D eigenvalue weighted by atomic mass is 9.69. The molecule has 0 bridgehead atoms. The van der Waals surface area contributed by atoms with E-state index in [-0.39, 0.29) is 23.1 Å². The molecule has 1 saturated carbocycles. The molecule has 1 saturated heterocycles. The van der Waals surface area contributed by atoms with Crippen molar-refractivity contribution in [1.29, 1.82) is 0 Å². The van der Waals surface area contributed by atoms with Gasteiger partial charge < -0.3 is 15.0 Å². The molecule has 2 aliphatic heterocycles. The van der Waals surface area contributed by atoms with E-state index in [0.717, 1.165) is 116 Å². The number of amides is 1. The number of ether oxygens (including phenoxy) is 1. The number of rotatable bonds is 10. The molecular weight excluding hydrogens is 783 g/mol. The molecule has 4 heterocycles. The van der Waals surface area contributed by atoms with Crippen molar-refractivity contribution < 1.29 is 9.53 Å². The van der Waals surface area contributed by atoms with E-state index >= 15 is 0 Å². The molecule has 3 aromatic carbocycles. The summed E-state index contributed by atoms with van der Waals surface area (Å²) < 4.78 is 8.75. The van der Waals surface area contributed by atoms with Crippen molar-refractivity contribution in [3.8, 4) is 16.1 Å². The highest BCUT2D eigenvalue weighted by Crippen LogP contribution is 2.52. The molecule has 5 aromatic rings. The van der Waals surface area contributed by atoms with Crippen molar-refractivity contribution in [2.45, 2.75) is 121 Å². The molecule has 8 nitrogen and oxygen atoms in total. The molecule has 294 valence electrons. The van der Waals surface area contributed by atoms with Gasteiger partial charge in [-0.2, -0.15) is 4.98 Å². The van der Waals surface area contributed by atoms with Crippen LogP contribution in [0.1, 0.15) is 132 Å². The molecule has 10 heteroatoms. The minimum Gasteiger partial charge on any atom is -0.444 e. The molecule has 56 heavy (non-hydrogen) atoms. The lowest BCUT2D eigenvalue weighted by Crippen LogP contribution is -2.35. The Labute approximate surface area is 343 Å². The van der Waals surface area contributed by atoms with E-state index in [0.29, 0.717) is 11.3 Å². The molecule has 0 unspecified atom stereocenters. The first-order valence-corrected chi connectivity index (χ1v) is 22.3. The third-order valence-corrected chi connectivity index (χ3v) is 14.0. The van der Waals surface area contributed by atoms with Gasteiger partial charge in [0.1, 0.15) is 11.4 Å². The maximum absolute atomic E-state index is 13.4. The number of likely N-dealkylation sites (tertiary alicyclic amines) is 1. The van der Waals surface area contributed by atoms with E-state index in [2.05, 4.69) is 84.2 Å². The molecule has 1 amide bonds. The quantitative estimate of drug-likeness (QED) is 0.141. The highest BCUT2D eigenvalue weighted by Gasteiger charge is 2.46. The van der Waals surface area contributed by atoms with Crippen LogP contribution in [0, 0.1) is 6.92 Å². The summed E-state index contributed by atoms with van der Waals surface area (Å²) in [6, 6.07) is 21.6. The number of alkyl carbamates (subject to hydrolysis) is 1. The number of nitrogens with one attached hydrogen (secondary N) is 1. The smallest absolute Gasteiger partial charge is 0.408 e. The molecule has 1 N–H and O–H groups in total. The second-order valence-corrected chi connectivity index (χ2v) is 18.9. The molecule has 8 rings (SSSR count). The predicted octanol–water partition coefficient (Wildman–Crippen LogP) is 11.1. The summed E-state index contributed by atoms with van der Waals surface area (Å²) in [6.07, 6.45) is 11.7. The Morgan fingerprint density at radius 2 is 1.79 bits per heavy atom. The minimum atomic E-state index is -0.550. The number of fused-ring (bicyclic) bond motifs is 7. The zero-order valence-corrected chi connectivity index (χ0v) is 35.6. The van der Waals surface area contributed by atoms with Gasteiger partial charge in [0.25, 0.3) is 5.56 Å². The number of aryl methyl sites for hydroxylation is 1. The van der Waals surface area contributed by atoms with Crippen LogP contribution in [-0.4, -0.2) is 50.8 Å². The highest BCUT2D eigenvalue weighted by molar-refractivity contribution is 9.10. The molecule has 2 fully saturated rings. The summed E-state index contributed by atoms with van der Waals surface area (Å²) in [6.45, 7) is 11.1. The fourth-order valence-corrected chi connectivity index (χ4v) is 10.9. The first-order valence-electron chi connectivity index (χ1n) is 20.6. The number of thiazole rings is 1. The van der Waals surface area contributed by atoms with Gasteiger partial charge in [-0.3, -0.25) is 9.36 Å². The number of hydrogen-bond acceptors (Lipinski definition) is 7. The van der Waals surface area contributed by atoms with E-state index in [1.54, 1.807) is 11.3 Å². The number of unbranched alkanes of at least 4 members (excludes halogenated alkanes) is 2. The molecular formula is C46H54BrN5O3S. The van der Waals surface area contributed by atoms with E-state index in [1.807, 2.05) is 45.3 Å². The van der Waals surface area contributed by atoms with E-state index in [9.17, 15) is 9.59 Å². The zero-order valence-electron chi connectivity index (χ0n) is 33.2. The van der Waals surface area contributed by atoms with Gasteiger partial charge in [0, 0.05) is 4.47 Å². The summed E-state index contributed by atoms with van der Waals surface area (Å²) in [7, 11) is 0. The Bertz CT molecular complexity index is 2260. The summed E-state index contributed by atoms with van der Waals surface area (Å²) in [4.78, 5) is 39.4. The van der Waals surface area contributed by atoms with Gasteiger partial charge in [-0.15, -0.1) is 11.3 Å². The standard InChI is InChI=1S/C46H54BrN5O3S/c1-30-41(56-29-48-30)33-17-15-32(16-18-33)37(49-44(54)55-45(2,3)4)13-7-5-10-25-51-26-21-31(22-27-51)34-19-20-38-35(28-34)46(23-8-6-9-24-46)43-50-42(53)40-36(47)12-11-14-39(40)52(38)43/h11-12,14-20,28-29,31,37H,5-10,13,21-27H2,1-4H3,(H,49,54)/t37-/m0/s1. The second-order valence-electron chi connectivity index (χ2n) is 17.2. The van der Waals surface area contributed by atoms with Crippen LogP contribution < -0.4 is 10.9 Å². The van der Waals surface area contributed by atoms with Crippen molar-refractivity contribution >= 4 is 44.3 Å². The van der Waals surface area contributed by atoms with Gasteiger partial charge in [-0.25, -0.2) is 9.78 Å². The van der Waals surface area contributed by atoms with Crippen molar-refractivity contribution in [2.24, 2.45) is 0 Å². The second kappa shape index (κ2) is 16.2. The Morgan fingerprint density at radius 1 is 1.02 bits per heavy atom. The van der Waals surface area contributed by atoms with Crippen LogP contribution in [0.5, 0.6) is 0 Å². The average molecular weight is 837 g/mol. The van der Waals surface area contributed by atoms with Gasteiger partial charge >= 0.3 is 6.09 Å². The number of piperidine rings is 1. The van der Waals surface area contributed by atoms with Crippen LogP contribution in [0.2, 0.25) is 0 Å². The number of benzene rings is 3. The summed E-state index contributed by atoms with van der Waals surface area (Å²) >= 11 is 5.29. The van der Waals surface area contributed by atoms with Crippen molar-refractivity contribution in [2.75, 3.05) is 19.6 Å².